The van der Waals surface area contributed by atoms with Crippen LogP contribution in [-0.2, 0) is 0 Å². The monoisotopic (exact) mass is 162 g/mol. The number of benzene rings is 1. The molecule has 0 aliphatic rings. The van der Waals surface area contributed by atoms with Crippen molar-refractivity contribution >= 4 is 11.0 Å². The van der Waals surface area contributed by atoms with Gasteiger partial charge in [0.1, 0.15) is 17.1 Å². The van der Waals surface area contributed by atoms with Crippen LogP contribution in [-0.4, -0.2) is 5.11 Å². The zero-order valence-corrected chi connectivity index (χ0v) is 7.09. The van der Waals surface area contributed by atoms with Crippen molar-refractivity contribution in [2.45, 2.75) is 13.8 Å². The first kappa shape index (κ1) is 7.22. The highest BCUT2D eigenvalue weighted by Crippen LogP contribution is 2.26. The molecule has 1 aromatic carbocycles. The van der Waals surface area contributed by atoms with Gasteiger partial charge in [-0.05, 0) is 37.6 Å². The molecule has 0 bridgehead atoms. The van der Waals surface area contributed by atoms with Gasteiger partial charge in [0, 0.05) is 5.39 Å². The van der Waals surface area contributed by atoms with E-state index in [1.807, 2.05) is 26.0 Å². The quantitative estimate of drug-likeness (QED) is 0.646. The molecule has 0 radical (unpaired) electrons. The first-order valence-corrected chi connectivity index (χ1v) is 3.86. The van der Waals surface area contributed by atoms with Gasteiger partial charge < -0.3 is 9.52 Å². The summed E-state index contributed by atoms with van der Waals surface area (Å²) in [6.45, 7) is 3.75. The summed E-state index contributed by atoms with van der Waals surface area (Å²) in [6, 6.07) is 5.48. The molecule has 2 heteroatoms. The number of aryl methyl sites for hydroxylation is 2. The van der Waals surface area contributed by atoms with E-state index in [1.165, 1.54) is 0 Å². The van der Waals surface area contributed by atoms with Crippen molar-refractivity contribution in [3.63, 3.8) is 0 Å². The Balaban J connectivity index is 2.83. The molecule has 12 heavy (non-hydrogen) atoms. The smallest absolute Gasteiger partial charge is 0.134 e. The largest absolute Gasteiger partial charge is 0.508 e. The lowest BCUT2D eigenvalue weighted by atomic mass is 10.2. The number of rotatable bonds is 0. The molecule has 1 N–H and O–H groups in total. The van der Waals surface area contributed by atoms with Crippen molar-refractivity contribution in [3.05, 3.63) is 29.5 Å². The van der Waals surface area contributed by atoms with Gasteiger partial charge in [-0.3, -0.25) is 0 Å². The van der Waals surface area contributed by atoms with Crippen molar-refractivity contribution in [2.24, 2.45) is 0 Å². The number of hydrogen-bond acceptors (Lipinski definition) is 2. The summed E-state index contributed by atoms with van der Waals surface area (Å²) >= 11 is 0. The van der Waals surface area contributed by atoms with E-state index in [1.54, 1.807) is 6.07 Å². The molecule has 0 fully saturated rings. The Morgan fingerprint density at radius 2 is 1.92 bits per heavy atom. The normalized spacial score (nSPS) is 10.8. The minimum atomic E-state index is 0.323. The third-order valence-corrected chi connectivity index (χ3v) is 1.96. The Bertz CT molecular complexity index is 388. The second-order valence-corrected chi connectivity index (χ2v) is 3.03. The molecular formula is C10H10O2. The number of fused-ring (bicyclic) bond motifs is 1. The highest BCUT2D eigenvalue weighted by atomic mass is 16.3. The SMILES string of the molecule is Cc1cc2cc(O)c(C)cc2o1. The van der Waals surface area contributed by atoms with Gasteiger partial charge in [0.2, 0.25) is 0 Å². The molecule has 0 saturated heterocycles. The van der Waals surface area contributed by atoms with Crippen LogP contribution in [0.25, 0.3) is 11.0 Å². The van der Waals surface area contributed by atoms with E-state index in [-0.39, 0.29) is 0 Å². The number of phenols is 1. The van der Waals surface area contributed by atoms with Crippen molar-refractivity contribution in [1.82, 2.24) is 0 Å². The molecule has 1 heterocycles. The summed E-state index contributed by atoms with van der Waals surface area (Å²) in [7, 11) is 0. The molecule has 0 amide bonds. The predicted octanol–water partition coefficient (Wildman–Crippen LogP) is 2.76. The average Bonchev–Trinajstić information content (AvgIpc) is 2.30. The molecule has 0 unspecified atom stereocenters. The van der Waals surface area contributed by atoms with E-state index >= 15 is 0 Å². The maximum atomic E-state index is 9.38. The third kappa shape index (κ3) is 0.961. The lowest BCUT2D eigenvalue weighted by Gasteiger charge is -1.95. The van der Waals surface area contributed by atoms with Crippen LogP contribution in [0.1, 0.15) is 11.3 Å². The van der Waals surface area contributed by atoms with Crippen molar-refractivity contribution in [3.8, 4) is 5.75 Å². The van der Waals surface area contributed by atoms with E-state index in [2.05, 4.69) is 0 Å². The van der Waals surface area contributed by atoms with Gasteiger partial charge in [0.05, 0.1) is 0 Å². The van der Waals surface area contributed by atoms with Gasteiger partial charge in [-0.1, -0.05) is 0 Å². The summed E-state index contributed by atoms with van der Waals surface area (Å²) < 4.78 is 5.39. The van der Waals surface area contributed by atoms with E-state index < -0.39 is 0 Å². The number of phenolic OH excluding ortho intramolecular Hbond substituents is 1. The molecule has 2 aromatic rings. The maximum Gasteiger partial charge on any atom is 0.134 e. The maximum absolute atomic E-state index is 9.38. The molecule has 2 nitrogen and oxygen atoms in total. The standard InChI is InChI=1S/C10H10O2/c1-6-3-10-8(5-9(6)11)4-7(2)12-10/h3-5,11H,1-2H3. The highest BCUT2D eigenvalue weighted by molar-refractivity contribution is 5.80. The summed E-state index contributed by atoms with van der Waals surface area (Å²) in [5, 5.41) is 10.3. The van der Waals surface area contributed by atoms with Crippen LogP contribution in [0.4, 0.5) is 0 Å². The Morgan fingerprint density at radius 1 is 1.17 bits per heavy atom. The van der Waals surface area contributed by atoms with Crippen molar-refractivity contribution < 1.29 is 9.52 Å². The fourth-order valence-corrected chi connectivity index (χ4v) is 1.31. The van der Waals surface area contributed by atoms with Crippen LogP contribution in [0.15, 0.2) is 22.6 Å². The highest BCUT2D eigenvalue weighted by Gasteiger charge is 2.03. The lowest BCUT2D eigenvalue weighted by molar-refractivity contribution is 0.471. The van der Waals surface area contributed by atoms with Crippen LogP contribution in [0.2, 0.25) is 0 Å². The predicted molar refractivity (Wildman–Crippen MR) is 47.4 cm³/mol. The summed E-state index contributed by atoms with van der Waals surface area (Å²) in [5.74, 6) is 1.19. The zero-order chi connectivity index (χ0) is 8.72. The van der Waals surface area contributed by atoms with E-state index in [0.717, 1.165) is 22.3 Å². The number of furan rings is 1. The summed E-state index contributed by atoms with van der Waals surface area (Å²) in [6.07, 6.45) is 0. The van der Waals surface area contributed by atoms with E-state index in [4.69, 9.17) is 4.42 Å². The average molecular weight is 162 g/mol. The molecular weight excluding hydrogens is 152 g/mol. The van der Waals surface area contributed by atoms with Gasteiger partial charge in [0.25, 0.3) is 0 Å². The minimum Gasteiger partial charge on any atom is -0.508 e. The second-order valence-electron chi connectivity index (χ2n) is 3.03. The second kappa shape index (κ2) is 2.27. The zero-order valence-electron chi connectivity index (χ0n) is 7.09. The summed E-state index contributed by atoms with van der Waals surface area (Å²) in [5.41, 5.74) is 1.68. The number of hydrogen-bond donors (Lipinski definition) is 1. The van der Waals surface area contributed by atoms with Crippen molar-refractivity contribution in [2.75, 3.05) is 0 Å². The molecule has 62 valence electrons. The Labute approximate surface area is 70.4 Å². The Morgan fingerprint density at radius 3 is 2.67 bits per heavy atom. The van der Waals surface area contributed by atoms with Gasteiger partial charge >= 0.3 is 0 Å². The lowest BCUT2D eigenvalue weighted by Crippen LogP contribution is -1.72. The van der Waals surface area contributed by atoms with Gasteiger partial charge in [-0.25, -0.2) is 0 Å². The van der Waals surface area contributed by atoms with Crippen LogP contribution in [0, 0.1) is 13.8 Å². The Kier molecular flexibility index (Phi) is 1.37. The van der Waals surface area contributed by atoms with Gasteiger partial charge in [0.15, 0.2) is 0 Å². The topological polar surface area (TPSA) is 33.4 Å². The first-order valence-electron chi connectivity index (χ1n) is 3.86. The molecule has 0 aliphatic heterocycles. The molecule has 1 aromatic heterocycles. The Hall–Kier alpha value is -1.44. The first-order chi connectivity index (χ1) is 5.66. The van der Waals surface area contributed by atoms with Gasteiger partial charge in [-0.15, -0.1) is 0 Å². The minimum absolute atomic E-state index is 0.323. The number of aromatic hydroxyl groups is 1. The van der Waals surface area contributed by atoms with E-state index in [0.29, 0.717) is 5.75 Å². The molecule has 0 atom stereocenters. The third-order valence-electron chi connectivity index (χ3n) is 1.96. The van der Waals surface area contributed by atoms with Gasteiger partial charge in [-0.2, -0.15) is 0 Å². The fraction of sp³-hybridized carbons (Fsp3) is 0.200. The fourth-order valence-electron chi connectivity index (χ4n) is 1.31. The van der Waals surface area contributed by atoms with Crippen molar-refractivity contribution in [1.29, 1.82) is 0 Å². The van der Waals surface area contributed by atoms with Crippen LogP contribution >= 0.6 is 0 Å². The molecule has 0 aliphatic carbocycles. The van der Waals surface area contributed by atoms with Crippen LogP contribution in [0.3, 0.4) is 0 Å². The van der Waals surface area contributed by atoms with Crippen LogP contribution < -0.4 is 0 Å². The van der Waals surface area contributed by atoms with E-state index in [9.17, 15) is 5.11 Å². The molecule has 0 saturated carbocycles. The molecule has 0 spiro atoms. The summed E-state index contributed by atoms with van der Waals surface area (Å²) in [4.78, 5) is 0. The molecule has 2 rings (SSSR count). The van der Waals surface area contributed by atoms with Crippen LogP contribution in [0.5, 0.6) is 5.75 Å².